The predicted molar refractivity (Wildman–Crippen MR) is 120 cm³/mol. The number of methoxy groups -OCH3 is 1. The van der Waals surface area contributed by atoms with Crippen LogP contribution in [0.25, 0.3) is 0 Å². The molecule has 1 atom stereocenters. The Morgan fingerprint density at radius 1 is 1.16 bits per heavy atom. The lowest BCUT2D eigenvalue weighted by Crippen LogP contribution is -2.45. The van der Waals surface area contributed by atoms with Gasteiger partial charge < -0.3 is 19.9 Å². The molecule has 2 aliphatic rings. The first-order chi connectivity index (χ1) is 15.0. The van der Waals surface area contributed by atoms with E-state index in [1.54, 1.807) is 12.0 Å². The maximum Gasteiger partial charge on any atom is 0.242 e. The quantitative estimate of drug-likeness (QED) is 0.772. The third kappa shape index (κ3) is 5.16. The van der Waals surface area contributed by atoms with Crippen LogP contribution in [0, 0.1) is 6.92 Å². The standard InChI is InChI=1S/C24H30N4O3/c1-17-13-20(26-19-7-9-21(31-2)10-8-19)14-22(25-17)18-5-3-11-27(15-18)24(30)16-28-12-4-6-23(28)29/h7-10,13-14,18H,3-6,11-12,15-16H2,1-2H3,(H,25,26). The molecule has 31 heavy (non-hydrogen) atoms. The molecule has 164 valence electrons. The normalized spacial score (nSPS) is 18.9. The predicted octanol–water partition coefficient (Wildman–Crippen LogP) is 3.47. The molecule has 2 fully saturated rings. The summed E-state index contributed by atoms with van der Waals surface area (Å²) in [7, 11) is 1.65. The maximum atomic E-state index is 12.8. The first kappa shape index (κ1) is 21.2. The number of nitrogens with zero attached hydrogens (tertiary/aromatic N) is 3. The lowest BCUT2D eigenvalue weighted by molar-refractivity contribution is -0.139. The van der Waals surface area contributed by atoms with Crippen LogP contribution in [-0.2, 0) is 9.59 Å². The topological polar surface area (TPSA) is 74.8 Å². The molecule has 1 aromatic carbocycles. The van der Waals surface area contributed by atoms with Gasteiger partial charge >= 0.3 is 0 Å². The Kier molecular flexibility index (Phi) is 6.39. The Morgan fingerprint density at radius 3 is 2.68 bits per heavy atom. The van der Waals surface area contributed by atoms with Crippen molar-refractivity contribution < 1.29 is 14.3 Å². The van der Waals surface area contributed by atoms with Crippen LogP contribution in [0.3, 0.4) is 0 Å². The number of piperidine rings is 1. The zero-order valence-electron chi connectivity index (χ0n) is 18.3. The van der Waals surface area contributed by atoms with Crippen LogP contribution in [0.5, 0.6) is 5.75 Å². The molecule has 0 aliphatic carbocycles. The number of rotatable bonds is 6. The van der Waals surface area contributed by atoms with Crippen molar-refractivity contribution in [2.45, 2.75) is 38.5 Å². The minimum Gasteiger partial charge on any atom is -0.497 e. The fourth-order valence-electron chi connectivity index (χ4n) is 4.40. The number of aryl methyl sites for hydroxylation is 1. The monoisotopic (exact) mass is 422 g/mol. The van der Waals surface area contributed by atoms with E-state index >= 15 is 0 Å². The number of pyridine rings is 1. The van der Waals surface area contributed by atoms with Gasteiger partial charge in [-0.1, -0.05) is 0 Å². The van der Waals surface area contributed by atoms with Crippen molar-refractivity contribution in [3.8, 4) is 5.75 Å². The van der Waals surface area contributed by atoms with Crippen molar-refractivity contribution >= 4 is 23.2 Å². The Bertz CT molecular complexity index is 944. The number of carbonyl (C=O) groups excluding carboxylic acids is 2. The van der Waals surface area contributed by atoms with Gasteiger partial charge in [0.2, 0.25) is 11.8 Å². The summed E-state index contributed by atoms with van der Waals surface area (Å²) >= 11 is 0. The van der Waals surface area contributed by atoms with Gasteiger partial charge in [-0.2, -0.15) is 0 Å². The second kappa shape index (κ2) is 9.37. The summed E-state index contributed by atoms with van der Waals surface area (Å²) < 4.78 is 5.22. The van der Waals surface area contributed by atoms with E-state index in [0.29, 0.717) is 19.5 Å². The van der Waals surface area contributed by atoms with Crippen LogP contribution in [0.1, 0.15) is 43.0 Å². The van der Waals surface area contributed by atoms with Gasteiger partial charge in [0.15, 0.2) is 0 Å². The summed E-state index contributed by atoms with van der Waals surface area (Å²) in [6.45, 7) is 4.30. The molecular formula is C24H30N4O3. The zero-order chi connectivity index (χ0) is 21.8. The van der Waals surface area contributed by atoms with E-state index in [9.17, 15) is 9.59 Å². The number of hydrogen-bond acceptors (Lipinski definition) is 5. The van der Waals surface area contributed by atoms with Gasteiger partial charge in [-0.25, -0.2) is 0 Å². The van der Waals surface area contributed by atoms with Crippen LogP contribution in [0.15, 0.2) is 36.4 Å². The van der Waals surface area contributed by atoms with Crippen molar-refractivity contribution in [2.24, 2.45) is 0 Å². The fourth-order valence-corrected chi connectivity index (χ4v) is 4.40. The molecule has 0 radical (unpaired) electrons. The number of likely N-dealkylation sites (tertiary alicyclic amines) is 2. The average Bonchev–Trinajstić information content (AvgIpc) is 3.18. The van der Waals surface area contributed by atoms with Gasteiger partial charge in [-0.15, -0.1) is 0 Å². The minimum atomic E-state index is 0.0455. The molecule has 7 heteroatoms. The van der Waals surface area contributed by atoms with Crippen molar-refractivity contribution in [1.29, 1.82) is 0 Å². The molecule has 3 heterocycles. The largest absolute Gasteiger partial charge is 0.497 e. The molecule has 2 amide bonds. The molecule has 2 aliphatic heterocycles. The van der Waals surface area contributed by atoms with Gasteiger partial charge in [-0.3, -0.25) is 14.6 Å². The highest BCUT2D eigenvalue weighted by Crippen LogP contribution is 2.29. The van der Waals surface area contributed by atoms with Crippen LogP contribution < -0.4 is 10.1 Å². The van der Waals surface area contributed by atoms with Crippen LogP contribution in [-0.4, -0.2) is 59.9 Å². The molecule has 0 saturated carbocycles. The minimum absolute atomic E-state index is 0.0455. The maximum absolute atomic E-state index is 12.8. The fraction of sp³-hybridized carbons (Fsp3) is 0.458. The van der Waals surface area contributed by atoms with Crippen molar-refractivity contribution in [2.75, 3.05) is 38.6 Å². The molecule has 0 spiro atoms. The van der Waals surface area contributed by atoms with Gasteiger partial charge in [-0.05, 0) is 62.6 Å². The lowest BCUT2D eigenvalue weighted by atomic mass is 9.93. The second-order valence-corrected chi connectivity index (χ2v) is 8.37. The van der Waals surface area contributed by atoms with Gasteiger partial charge in [0.05, 0.1) is 13.7 Å². The molecular weight excluding hydrogens is 392 g/mol. The van der Waals surface area contributed by atoms with Gasteiger partial charge in [0.25, 0.3) is 0 Å². The average molecular weight is 423 g/mol. The molecule has 1 unspecified atom stereocenters. The number of amides is 2. The number of benzene rings is 1. The number of aromatic nitrogens is 1. The van der Waals surface area contributed by atoms with Crippen LogP contribution in [0.2, 0.25) is 0 Å². The third-order valence-corrected chi connectivity index (χ3v) is 6.04. The Labute approximate surface area is 183 Å². The molecule has 2 saturated heterocycles. The summed E-state index contributed by atoms with van der Waals surface area (Å²) in [4.78, 5) is 33.0. The molecule has 2 aromatic rings. The van der Waals surface area contributed by atoms with E-state index in [0.717, 1.165) is 54.3 Å². The van der Waals surface area contributed by atoms with E-state index in [2.05, 4.69) is 11.4 Å². The van der Waals surface area contributed by atoms with E-state index < -0.39 is 0 Å². The Morgan fingerprint density at radius 2 is 1.97 bits per heavy atom. The third-order valence-electron chi connectivity index (χ3n) is 6.04. The molecule has 7 nitrogen and oxygen atoms in total. The second-order valence-electron chi connectivity index (χ2n) is 8.37. The number of nitrogens with one attached hydrogen (secondary N) is 1. The molecule has 4 rings (SSSR count). The first-order valence-corrected chi connectivity index (χ1v) is 11.0. The van der Waals surface area contributed by atoms with Gasteiger partial charge in [0, 0.05) is 54.7 Å². The number of anilines is 2. The van der Waals surface area contributed by atoms with E-state index in [1.165, 1.54) is 0 Å². The lowest BCUT2D eigenvalue weighted by Gasteiger charge is -2.33. The van der Waals surface area contributed by atoms with Crippen molar-refractivity contribution in [3.05, 3.63) is 47.8 Å². The summed E-state index contributed by atoms with van der Waals surface area (Å²) in [5.41, 5.74) is 3.91. The SMILES string of the molecule is COc1ccc(Nc2cc(C)nc(C3CCCN(C(=O)CN4CCCC4=O)C3)c2)cc1. The Hall–Kier alpha value is -3.09. The molecule has 1 aromatic heterocycles. The molecule has 1 N–H and O–H groups in total. The number of hydrogen-bond donors (Lipinski definition) is 1. The van der Waals surface area contributed by atoms with Crippen LogP contribution in [0.4, 0.5) is 11.4 Å². The van der Waals surface area contributed by atoms with Crippen molar-refractivity contribution in [3.63, 3.8) is 0 Å². The Balaban J connectivity index is 1.44. The summed E-state index contributed by atoms with van der Waals surface area (Å²) in [6, 6.07) is 11.9. The van der Waals surface area contributed by atoms with Crippen molar-refractivity contribution in [1.82, 2.24) is 14.8 Å². The molecule has 0 bridgehead atoms. The smallest absolute Gasteiger partial charge is 0.242 e. The van der Waals surface area contributed by atoms with Gasteiger partial charge in [0.1, 0.15) is 5.75 Å². The summed E-state index contributed by atoms with van der Waals surface area (Å²) in [6.07, 6.45) is 3.37. The first-order valence-electron chi connectivity index (χ1n) is 11.0. The van der Waals surface area contributed by atoms with E-state index in [-0.39, 0.29) is 24.3 Å². The summed E-state index contributed by atoms with van der Waals surface area (Å²) in [5.74, 6) is 1.16. The number of ether oxygens (including phenoxy) is 1. The number of carbonyl (C=O) groups is 2. The van der Waals surface area contributed by atoms with E-state index in [4.69, 9.17) is 9.72 Å². The summed E-state index contributed by atoms with van der Waals surface area (Å²) in [5, 5.41) is 3.44. The van der Waals surface area contributed by atoms with Crippen LogP contribution >= 0.6 is 0 Å². The highest BCUT2D eigenvalue weighted by atomic mass is 16.5. The zero-order valence-corrected chi connectivity index (χ0v) is 18.3. The highest BCUT2D eigenvalue weighted by Gasteiger charge is 2.29. The highest BCUT2D eigenvalue weighted by molar-refractivity contribution is 5.86. The van der Waals surface area contributed by atoms with E-state index in [1.807, 2.05) is 42.2 Å².